The fourth-order valence-corrected chi connectivity index (χ4v) is 2.36. The molecular formula is C12H11F5O2S. The second-order valence-electron chi connectivity index (χ2n) is 4.83. The van der Waals surface area contributed by atoms with Gasteiger partial charge in [-0.1, -0.05) is 19.4 Å². The molecule has 1 aromatic carbocycles. The molecular weight excluding hydrogens is 303 g/mol. The van der Waals surface area contributed by atoms with Gasteiger partial charge in [-0.2, -0.15) is 0 Å². The SMILES string of the molecule is O=C(CC(=O)C1CC1)c1ccc(S(F)(F)(F)(F)F)cc1. The van der Waals surface area contributed by atoms with Crippen LogP contribution in [0, 0.1) is 5.92 Å². The lowest BCUT2D eigenvalue weighted by Crippen LogP contribution is -2.10. The second kappa shape index (κ2) is 3.81. The summed E-state index contributed by atoms with van der Waals surface area (Å²) >= 11 is 0. The Morgan fingerprint density at radius 1 is 1.00 bits per heavy atom. The Morgan fingerprint density at radius 3 is 1.90 bits per heavy atom. The first-order valence-electron chi connectivity index (χ1n) is 5.77. The lowest BCUT2D eigenvalue weighted by Gasteiger charge is -2.40. The zero-order chi connectivity index (χ0) is 15.2. The average molecular weight is 314 g/mol. The Balaban J connectivity index is 2.16. The highest BCUT2D eigenvalue weighted by Crippen LogP contribution is 3.02. The van der Waals surface area contributed by atoms with Crippen molar-refractivity contribution in [1.29, 1.82) is 0 Å². The van der Waals surface area contributed by atoms with Gasteiger partial charge in [-0.15, -0.1) is 0 Å². The van der Waals surface area contributed by atoms with Gasteiger partial charge in [0.15, 0.2) is 5.78 Å². The molecule has 1 aliphatic carbocycles. The summed E-state index contributed by atoms with van der Waals surface area (Å²) in [6.07, 6.45) is 1.03. The molecule has 0 spiro atoms. The molecule has 0 unspecified atom stereocenters. The average Bonchev–Trinajstić information content (AvgIpc) is 3.09. The fraction of sp³-hybridized carbons (Fsp3) is 0.333. The number of hydrogen-bond acceptors (Lipinski definition) is 2. The van der Waals surface area contributed by atoms with Crippen LogP contribution in [0.2, 0.25) is 0 Å². The summed E-state index contributed by atoms with van der Waals surface area (Å²) in [5, 5.41) is 0. The maximum atomic E-state index is 12.5. The largest absolute Gasteiger partial charge is 0.310 e. The number of benzene rings is 1. The number of hydrogen-bond donors (Lipinski definition) is 0. The molecule has 0 radical (unpaired) electrons. The predicted octanol–water partition coefficient (Wildman–Crippen LogP) is 4.90. The minimum absolute atomic E-state index is 0.136. The molecule has 8 heteroatoms. The van der Waals surface area contributed by atoms with Crippen LogP contribution >= 0.6 is 10.2 Å². The van der Waals surface area contributed by atoms with Gasteiger partial charge in [0.05, 0.1) is 6.42 Å². The van der Waals surface area contributed by atoms with Crippen LogP contribution in [0.15, 0.2) is 29.2 Å². The summed E-state index contributed by atoms with van der Waals surface area (Å²) in [6.45, 7) is 0. The Kier molecular flexibility index (Phi) is 2.85. The summed E-state index contributed by atoms with van der Waals surface area (Å²) in [6, 6.07) is 1.71. The van der Waals surface area contributed by atoms with Gasteiger partial charge in [0.25, 0.3) is 0 Å². The lowest BCUT2D eigenvalue weighted by atomic mass is 10.0. The molecule has 0 N–H and O–H groups in total. The van der Waals surface area contributed by atoms with Crippen molar-refractivity contribution in [3.05, 3.63) is 29.8 Å². The van der Waals surface area contributed by atoms with E-state index in [1.807, 2.05) is 0 Å². The van der Waals surface area contributed by atoms with E-state index in [1.54, 1.807) is 0 Å². The lowest BCUT2D eigenvalue weighted by molar-refractivity contribution is -0.119. The highest BCUT2D eigenvalue weighted by atomic mass is 32.5. The number of Topliss-reactive ketones (excluding diaryl/α,β-unsaturated/α-hetero) is 2. The molecule has 20 heavy (non-hydrogen) atoms. The predicted molar refractivity (Wildman–Crippen MR) is 64.5 cm³/mol. The van der Waals surface area contributed by atoms with Gasteiger partial charge in [0, 0.05) is 11.5 Å². The molecule has 0 saturated heterocycles. The van der Waals surface area contributed by atoms with Crippen LogP contribution in [0.1, 0.15) is 29.6 Å². The summed E-state index contributed by atoms with van der Waals surface area (Å²) in [7, 11) is -9.71. The molecule has 1 fully saturated rings. The Morgan fingerprint density at radius 2 is 1.50 bits per heavy atom. The van der Waals surface area contributed by atoms with E-state index in [0.29, 0.717) is 12.1 Å². The number of carbonyl (C=O) groups excluding carboxylic acids is 2. The molecule has 0 atom stereocenters. The molecule has 0 aliphatic heterocycles. The Bertz CT molecular complexity index is 572. The minimum atomic E-state index is -9.71. The van der Waals surface area contributed by atoms with Crippen molar-refractivity contribution < 1.29 is 29.0 Å². The van der Waals surface area contributed by atoms with Gasteiger partial charge in [0.2, 0.25) is 0 Å². The maximum absolute atomic E-state index is 12.5. The zero-order valence-corrected chi connectivity index (χ0v) is 10.9. The molecule has 0 bridgehead atoms. The number of carbonyl (C=O) groups is 2. The molecule has 1 aromatic rings. The molecule has 1 saturated carbocycles. The summed E-state index contributed by atoms with van der Waals surface area (Å²) in [5.74, 6) is -1.05. The first kappa shape index (κ1) is 15.0. The quantitative estimate of drug-likeness (QED) is 0.440. The van der Waals surface area contributed by atoms with E-state index in [9.17, 15) is 29.0 Å². The molecule has 0 aromatic heterocycles. The Hall–Kier alpha value is -1.44. The zero-order valence-electron chi connectivity index (χ0n) is 10.1. The van der Waals surface area contributed by atoms with E-state index in [0.717, 1.165) is 12.8 Å². The smallest absolute Gasteiger partial charge is 0.299 e. The van der Waals surface area contributed by atoms with Gasteiger partial charge in [-0.05, 0) is 37.1 Å². The third kappa shape index (κ3) is 3.56. The highest BCUT2D eigenvalue weighted by molar-refractivity contribution is 8.45. The second-order valence-corrected chi connectivity index (χ2v) is 7.24. The first-order valence-corrected chi connectivity index (χ1v) is 7.72. The van der Waals surface area contributed by atoms with E-state index in [-0.39, 0.29) is 29.4 Å². The first-order chi connectivity index (χ1) is 8.86. The van der Waals surface area contributed by atoms with Crippen molar-refractivity contribution in [2.45, 2.75) is 24.2 Å². The van der Waals surface area contributed by atoms with Gasteiger partial charge in [-0.25, -0.2) is 0 Å². The van der Waals surface area contributed by atoms with Crippen LogP contribution in [-0.2, 0) is 4.79 Å². The van der Waals surface area contributed by atoms with Gasteiger partial charge < -0.3 is 0 Å². The molecule has 2 nitrogen and oxygen atoms in total. The van der Waals surface area contributed by atoms with E-state index in [2.05, 4.69) is 0 Å². The van der Waals surface area contributed by atoms with Crippen LogP contribution < -0.4 is 0 Å². The standard InChI is InChI=1S/C12H11F5O2S/c13-20(14,15,16,17)10-5-3-9(4-6-10)12(19)7-11(18)8-1-2-8/h3-6,8H,1-2,7H2. The van der Waals surface area contributed by atoms with Crippen molar-refractivity contribution in [1.82, 2.24) is 0 Å². The maximum Gasteiger partial charge on any atom is 0.310 e. The summed E-state index contributed by atoms with van der Waals surface area (Å²) in [4.78, 5) is 21.0. The summed E-state index contributed by atoms with van der Waals surface area (Å²) < 4.78 is 62.3. The van der Waals surface area contributed by atoms with Crippen molar-refractivity contribution in [2.24, 2.45) is 5.92 Å². The molecule has 112 valence electrons. The van der Waals surface area contributed by atoms with Crippen LogP contribution in [0.3, 0.4) is 0 Å². The molecule has 1 aliphatic rings. The van der Waals surface area contributed by atoms with Crippen LogP contribution in [0.25, 0.3) is 0 Å². The van der Waals surface area contributed by atoms with Crippen molar-refractivity contribution in [3.63, 3.8) is 0 Å². The van der Waals surface area contributed by atoms with E-state index >= 15 is 0 Å². The topological polar surface area (TPSA) is 34.1 Å². The highest BCUT2D eigenvalue weighted by Gasteiger charge is 2.65. The number of rotatable bonds is 5. The monoisotopic (exact) mass is 314 g/mol. The fourth-order valence-electron chi connectivity index (χ4n) is 1.71. The van der Waals surface area contributed by atoms with Crippen LogP contribution in [0.5, 0.6) is 0 Å². The summed E-state index contributed by atoms with van der Waals surface area (Å²) in [5.41, 5.74) is -0.176. The van der Waals surface area contributed by atoms with Gasteiger partial charge in [-0.3, -0.25) is 9.59 Å². The van der Waals surface area contributed by atoms with Crippen molar-refractivity contribution in [3.8, 4) is 0 Å². The van der Waals surface area contributed by atoms with Gasteiger partial charge in [0.1, 0.15) is 10.7 Å². The Labute approximate surface area is 111 Å². The number of ketones is 2. The van der Waals surface area contributed by atoms with Crippen LogP contribution in [0.4, 0.5) is 19.4 Å². The van der Waals surface area contributed by atoms with Crippen LogP contribution in [-0.4, -0.2) is 11.6 Å². The molecule has 0 amide bonds. The number of halogens is 5. The van der Waals surface area contributed by atoms with Gasteiger partial charge >= 0.3 is 10.2 Å². The third-order valence-electron chi connectivity index (χ3n) is 2.99. The van der Waals surface area contributed by atoms with E-state index in [1.165, 1.54) is 0 Å². The molecule has 0 heterocycles. The molecule has 2 rings (SSSR count). The normalized spacial score (nSPS) is 19.1. The van der Waals surface area contributed by atoms with Crippen molar-refractivity contribution >= 4 is 21.8 Å². The third-order valence-corrected chi connectivity index (χ3v) is 4.15. The van der Waals surface area contributed by atoms with Crippen molar-refractivity contribution in [2.75, 3.05) is 0 Å². The minimum Gasteiger partial charge on any atom is -0.299 e. The van der Waals surface area contributed by atoms with E-state index in [4.69, 9.17) is 0 Å². The van der Waals surface area contributed by atoms with E-state index < -0.39 is 27.3 Å².